The standard InChI is InChI=1S/C15H10F2N2O3S/c1-8-7-23-14(19-8)9(5-18)12(20)6-22-15(21)13-10(16)3-2-4-11(13)17/h2-4,7,9H,6H2,1H3/t9-/m0/s1. The van der Waals surface area contributed by atoms with Gasteiger partial charge in [-0.2, -0.15) is 5.26 Å². The molecule has 5 nitrogen and oxygen atoms in total. The normalized spacial score (nSPS) is 11.6. The molecule has 8 heteroatoms. The number of ether oxygens (including phenoxy) is 1. The minimum Gasteiger partial charge on any atom is -0.454 e. The minimum atomic E-state index is -1.30. The van der Waals surface area contributed by atoms with E-state index in [-0.39, 0.29) is 5.01 Å². The van der Waals surface area contributed by atoms with Crippen LogP contribution in [0.4, 0.5) is 8.78 Å². The van der Waals surface area contributed by atoms with Crippen molar-refractivity contribution in [2.24, 2.45) is 0 Å². The Morgan fingerprint density at radius 2 is 2.04 bits per heavy atom. The van der Waals surface area contributed by atoms with E-state index in [1.165, 1.54) is 0 Å². The van der Waals surface area contributed by atoms with Crippen LogP contribution in [0.15, 0.2) is 23.6 Å². The Kier molecular flexibility index (Phi) is 5.13. The maximum absolute atomic E-state index is 13.4. The third-order valence-corrected chi connectivity index (χ3v) is 3.87. The molecule has 2 aromatic rings. The van der Waals surface area contributed by atoms with Crippen LogP contribution in [0, 0.1) is 29.9 Å². The number of rotatable bonds is 5. The molecule has 0 saturated heterocycles. The number of carbonyl (C=O) groups is 2. The maximum Gasteiger partial charge on any atom is 0.344 e. The second-order valence-corrected chi connectivity index (χ2v) is 5.42. The van der Waals surface area contributed by atoms with Crippen molar-refractivity contribution >= 4 is 23.1 Å². The Morgan fingerprint density at radius 1 is 1.39 bits per heavy atom. The number of halogens is 2. The molecule has 0 aliphatic carbocycles. The van der Waals surface area contributed by atoms with Crippen LogP contribution in [-0.4, -0.2) is 23.3 Å². The fraction of sp³-hybridized carbons (Fsp3) is 0.200. The molecule has 118 valence electrons. The predicted molar refractivity (Wildman–Crippen MR) is 76.9 cm³/mol. The van der Waals surface area contributed by atoms with E-state index in [0.717, 1.165) is 29.5 Å². The first-order chi connectivity index (χ1) is 10.9. The predicted octanol–water partition coefficient (Wildman–Crippen LogP) is 2.76. The summed E-state index contributed by atoms with van der Waals surface area (Å²) in [6.07, 6.45) is 0. The summed E-state index contributed by atoms with van der Waals surface area (Å²) >= 11 is 1.13. The Labute approximate surface area is 134 Å². The summed E-state index contributed by atoms with van der Waals surface area (Å²) in [7, 11) is 0. The van der Waals surface area contributed by atoms with Gasteiger partial charge in [0, 0.05) is 11.1 Å². The van der Waals surface area contributed by atoms with Gasteiger partial charge in [0.15, 0.2) is 18.3 Å². The van der Waals surface area contributed by atoms with Crippen LogP contribution >= 0.6 is 11.3 Å². The number of aryl methyl sites for hydroxylation is 1. The van der Waals surface area contributed by atoms with Crippen LogP contribution in [-0.2, 0) is 9.53 Å². The zero-order chi connectivity index (χ0) is 17.0. The summed E-state index contributed by atoms with van der Waals surface area (Å²) < 4.78 is 31.5. The van der Waals surface area contributed by atoms with Crippen LogP contribution in [0.2, 0.25) is 0 Å². The van der Waals surface area contributed by atoms with Gasteiger partial charge in [-0.1, -0.05) is 6.07 Å². The topological polar surface area (TPSA) is 80.0 Å². The lowest BCUT2D eigenvalue weighted by Gasteiger charge is -2.08. The van der Waals surface area contributed by atoms with Crippen molar-refractivity contribution in [3.63, 3.8) is 0 Å². The number of aromatic nitrogens is 1. The molecule has 0 saturated carbocycles. The third kappa shape index (κ3) is 3.76. The number of ketones is 1. The van der Waals surface area contributed by atoms with E-state index in [1.54, 1.807) is 18.4 Å². The van der Waals surface area contributed by atoms with Crippen LogP contribution < -0.4 is 0 Å². The van der Waals surface area contributed by atoms with E-state index >= 15 is 0 Å². The number of nitrogens with zero attached hydrogens (tertiary/aromatic N) is 2. The lowest BCUT2D eigenvalue weighted by Crippen LogP contribution is -2.21. The molecular weight excluding hydrogens is 326 g/mol. The average molecular weight is 336 g/mol. The van der Waals surface area contributed by atoms with Crippen molar-refractivity contribution in [2.75, 3.05) is 6.61 Å². The maximum atomic E-state index is 13.4. The first-order valence-corrected chi connectivity index (χ1v) is 7.27. The van der Waals surface area contributed by atoms with Gasteiger partial charge in [-0.05, 0) is 19.1 Å². The van der Waals surface area contributed by atoms with Gasteiger partial charge in [0.2, 0.25) is 0 Å². The summed E-state index contributed by atoms with van der Waals surface area (Å²) in [5.74, 6) is -5.38. The summed E-state index contributed by atoms with van der Waals surface area (Å²) in [5.41, 5.74) is -0.220. The van der Waals surface area contributed by atoms with Gasteiger partial charge in [-0.3, -0.25) is 4.79 Å². The van der Waals surface area contributed by atoms with Crippen LogP contribution in [0.25, 0.3) is 0 Å². The number of hydrogen-bond donors (Lipinski definition) is 0. The molecule has 0 fully saturated rings. The summed E-state index contributed by atoms with van der Waals surface area (Å²) in [5, 5.41) is 11.0. The summed E-state index contributed by atoms with van der Waals surface area (Å²) in [6.45, 7) is 0.934. The zero-order valence-electron chi connectivity index (χ0n) is 11.9. The van der Waals surface area contributed by atoms with Crippen molar-refractivity contribution in [1.82, 2.24) is 4.98 Å². The number of benzene rings is 1. The SMILES string of the molecule is Cc1csc([C@@H](C#N)C(=O)COC(=O)c2c(F)cccc2F)n1. The van der Waals surface area contributed by atoms with Crippen LogP contribution in [0.1, 0.15) is 27.0 Å². The van der Waals surface area contributed by atoms with E-state index in [1.807, 2.05) is 0 Å². The fourth-order valence-electron chi connectivity index (χ4n) is 1.75. The Morgan fingerprint density at radius 3 is 2.57 bits per heavy atom. The number of hydrogen-bond acceptors (Lipinski definition) is 6. The van der Waals surface area contributed by atoms with E-state index in [9.17, 15) is 18.4 Å². The molecular formula is C15H10F2N2O3S. The van der Waals surface area contributed by atoms with Crippen molar-refractivity contribution in [3.05, 3.63) is 51.5 Å². The number of thiazole rings is 1. The van der Waals surface area contributed by atoms with Crippen molar-refractivity contribution in [2.45, 2.75) is 12.8 Å². The second-order valence-electron chi connectivity index (χ2n) is 4.53. The first kappa shape index (κ1) is 16.7. The Bertz CT molecular complexity index is 778. The van der Waals surface area contributed by atoms with Gasteiger partial charge in [-0.25, -0.2) is 18.6 Å². The summed E-state index contributed by atoms with van der Waals surface area (Å²) in [6, 6.07) is 4.68. The van der Waals surface area contributed by atoms with Crippen molar-refractivity contribution in [1.29, 1.82) is 5.26 Å². The molecule has 2 rings (SSSR count). The smallest absolute Gasteiger partial charge is 0.344 e. The Balaban J connectivity index is 2.06. The summed E-state index contributed by atoms with van der Waals surface area (Å²) in [4.78, 5) is 27.7. The van der Waals surface area contributed by atoms with Gasteiger partial charge in [0.05, 0.1) is 6.07 Å². The molecule has 0 radical (unpaired) electrons. The monoisotopic (exact) mass is 336 g/mol. The number of carbonyl (C=O) groups excluding carboxylic acids is 2. The molecule has 0 unspecified atom stereocenters. The third-order valence-electron chi connectivity index (χ3n) is 2.85. The average Bonchev–Trinajstić information content (AvgIpc) is 2.92. The fourth-order valence-corrected chi connectivity index (χ4v) is 2.62. The van der Waals surface area contributed by atoms with Gasteiger partial charge in [-0.15, -0.1) is 11.3 Å². The van der Waals surface area contributed by atoms with E-state index < -0.39 is 41.5 Å². The molecule has 23 heavy (non-hydrogen) atoms. The van der Waals surface area contributed by atoms with Crippen LogP contribution in [0.3, 0.4) is 0 Å². The molecule has 0 N–H and O–H groups in total. The highest BCUT2D eigenvalue weighted by atomic mass is 32.1. The molecule has 0 aliphatic rings. The quantitative estimate of drug-likeness (QED) is 0.784. The zero-order valence-corrected chi connectivity index (χ0v) is 12.7. The van der Waals surface area contributed by atoms with Gasteiger partial charge >= 0.3 is 5.97 Å². The van der Waals surface area contributed by atoms with Gasteiger partial charge in [0.25, 0.3) is 0 Å². The molecule has 1 aromatic carbocycles. The second kappa shape index (κ2) is 7.07. The van der Waals surface area contributed by atoms with Crippen molar-refractivity contribution < 1.29 is 23.1 Å². The van der Waals surface area contributed by atoms with E-state index in [0.29, 0.717) is 5.69 Å². The van der Waals surface area contributed by atoms with E-state index in [4.69, 9.17) is 5.26 Å². The highest BCUT2D eigenvalue weighted by molar-refractivity contribution is 7.09. The highest BCUT2D eigenvalue weighted by Gasteiger charge is 2.26. The van der Waals surface area contributed by atoms with Gasteiger partial charge < -0.3 is 4.74 Å². The van der Waals surface area contributed by atoms with Crippen molar-refractivity contribution in [3.8, 4) is 6.07 Å². The molecule has 1 atom stereocenters. The molecule has 1 aromatic heterocycles. The molecule has 0 spiro atoms. The number of nitriles is 1. The van der Waals surface area contributed by atoms with E-state index in [2.05, 4.69) is 9.72 Å². The van der Waals surface area contributed by atoms with Gasteiger partial charge in [0.1, 0.15) is 22.2 Å². The molecule has 1 heterocycles. The first-order valence-electron chi connectivity index (χ1n) is 6.39. The molecule has 0 aliphatic heterocycles. The minimum absolute atomic E-state index is 0.281. The highest BCUT2D eigenvalue weighted by Crippen LogP contribution is 2.21. The lowest BCUT2D eigenvalue weighted by molar-refractivity contribution is -0.122. The largest absolute Gasteiger partial charge is 0.454 e. The molecule has 0 bridgehead atoms. The Hall–Kier alpha value is -2.66. The number of esters is 1. The molecule has 0 amide bonds. The number of Topliss-reactive ketones (excluding diaryl/α,β-unsaturated/α-hetero) is 1. The lowest BCUT2D eigenvalue weighted by atomic mass is 10.1. The van der Waals surface area contributed by atoms with Crippen LogP contribution in [0.5, 0.6) is 0 Å².